The van der Waals surface area contributed by atoms with E-state index in [4.69, 9.17) is 15.2 Å². The number of amides is 2. The van der Waals surface area contributed by atoms with Gasteiger partial charge in [0, 0.05) is 43.1 Å². The summed E-state index contributed by atoms with van der Waals surface area (Å²) in [6.07, 6.45) is 9.35. The van der Waals surface area contributed by atoms with Crippen LogP contribution in [0.4, 0.5) is 10.1 Å². The minimum absolute atomic E-state index is 0.0867. The lowest BCUT2D eigenvalue weighted by atomic mass is 9.95. The van der Waals surface area contributed by atoms with E-state index in [0.29, 0.717) is 25.4 Å². The number of dihydropyridines is 1. The highest BCUT2D eigenvalue weighted by atomic mass is 19.1. The second kappa shape index (κ2) is 10.0. The molecule has 2 amide bonds. The number of fused-ring (bicyclic) bond motifs is 1. The van der Waals surface area contributed by atoms with Gasteiger partial charge in [-0.25, -0.2) is 4.39 Å². The fourth-order valence-corrected chi connectivity index (χ4v) is 4.16. The topological polar surface area (TPSA) is 106 Å². The molecule has 0 spiro atoms. The zero-order valence-corrected chi connectivity index (χ0v) is 19.3. The molecule has 1 fully saturated rings. The van der Waals surface area contributed by atoms with Crippen molar-refractivity contribution >= 4 is 17.5 Å². The molecule has 4 rings (SSSR count). The van der Waals surface area contributed by atoms with Crippen LogP contribution < -0.4 is 21.1 Å². The number of carbonyl (C=O) groups is 2. The Hall–Kier alpha value is -3.75. The number of likely N-dealkylation sites (tertiary alicyclic amines) is 1. The fraction of sp³-hybridized carbons (Fsp3) is 0.360. The van der Waals surface area contributed by atoms with E-state index in [0.717, 1.165) is 29.6 Å². The number of hydrogen-bond donors (Lipinski definition) is 3. The molecule has 9 heteroatoms. The molecule has 3 heterocycles. The summed E-state index contributed by atoms with van der Waals surface area (Å²) in [7, 11) is 0. The molecule has 0 aliphatic carbocycles. The Morgan fingerprint density at radius 1 is 1.38 bits per heavy atom. The van der Waals surface area contributed by atoms with Crippen molar-refractivity contribution in [1.82, 2.24) is 10.2 Å². The quantitative estimate of drug-likeness (QED) is 0.532. The third-order valence-corrected chi connectivity index (χ3v) is 6.04. The minimum Gasteiger partial charge on any atom is -0.491 e. The molecule has 1 aromatic rings. The van der Waals surface area contributed by atoms with Gasteiger partial charge in [0.05, 0.1) is 23.6 Å². The van der Waals surface area contributed by atoms with E-state index in [1.165, 1.54) is 12.3 Å². The molecular weight excluding hydrogens is 439 g/mol. The highest BCUT2D eigenvalue weighted by Gasteiger charge is 2.34. The van der Waals surface area contributed by atoms with E-state index in [1.54, 1.807) is 11.0 Å². The first-order valence-electron chi connectivity index (χ1n) is 11.3. The molecular formula is C25H29FN4O4. The second-order valence-corrected chi connectivity index (χ2v) is 8.61. The van der Waals surface area contributed by atoms with Crippen LogP contribution in [-0.2, 0) is 9.53 Å². The molecule has 0 radical (unpaired) electrons. The molecule has 1 saturated heterocycles. The number of ether oxygens (including phenoxy) is 2. The van der Waals surface area contributed by atoms with E-state index >= 15 is 0 Å². The van der Waals surface area contributed by atoms with Gasteiger partial charge in [-0.2, -0.15) is 0 Å². The van der Waals surface area contributed by atoms with Gasteiger partial charge in [0.1, 0.15) is 17.3 Å². The van der Waals surface area contributed by atoms with Crippen molar-refractivity contribution in [3.63, 3.8) is 0 Å². The van der Waals surface area contributed by atoms with E-state index in [1.807, 2.05) is 13.0 Å². The van der Waals surface area contributed by atoms with Gasteiger partial charge in [0.2, 0.25) is 0 Å². The van der Waals surface area contributed by atoms with Crippen molar-refractivity contribution < 1.29 is 23.5 Å². The van der Waals surface area contributed by atoms with Crippen molar-refractivity contribution in [2.24, 2.45) is 17.6 Å². The monoisotopic (exact) mass is 468 g/mol. The lowest BCUT2D eigenvalue weighted by molar-refractivity contribution is -0.118. The van der Waals surface area contributed by atoms with Crippen LogP contribution in [0.3, 0.4) is 0 Å². The zero-order chi connectivity index (χ0) is 24.2. The van der Waals surface area contributed by atoms with E-state index in [2.05, 4.69) is 29.7 Å². The predicted molar refractivity (Wildman–Crippen MR) is 126 cm³/mol. The summed E-state index contributed by atoms with van der Waals surface area (Å²) in [5, 5.41) is 5.90. The maximum Gasteiger partial charge on any atom is 0.262 e. The van der Waals surface area contributed by atoms with Crippen molar-refractivity contribution in [3.8, 4) is 5.75 Å². The Balaban J connectivity index is 1.34. The van der Waals surface area contributed by atoms with Crippen LogP contribution in [0.5, 0.6) is 5.75 Å². The van der Waals surface area contributed by atoms with Gasteiger partial charge in [-0.3, -0.25) is 9.59 Å². The van der Waals surface area contributed by atoms with Gasteiger partial charge in [0.25, 0.3) is 11.8 Å². The van der Waals surface area contributed by atoms with Gasteiger partial charge >= 0.3 is 0 Å². The van der Waals surface area contributed by atoms with Crippen molar-refractivity contribution in [1.29, 1.82) is 0 Å². The summed E-state index contributed by atoms with van der Waals surface area (Å²) >= 11 is 0. The van der Waals surface area contributed by atoms with Crippen LogP contribution in [0.15, 0.2) is 59.7 Å². The molecule has 1 unspecified atom stereocenters. The SMILES string of the molecule is CC1=C(OCC2CN(C(=O)c3cc4c(cc3F)OCC(=O)N4)C2)C(C(C)/C=C\C=C/N)=CCN1. The number of nitrogens with one attached hydrogen (secondary N) is 2. The maximum atomic E-state index is 14.5. The predicted octanol–water partition coefficient (Wildman–Crippen LogP) is 2.67. The van der Waals surface area contributed by atoms with Gasteiger partial charge < -0.3 is 30.7 Å². The van der Waals surface area contributed by atoms with Crippen LogP contribution in [0.1, 0.15) is 24.2 Å². The number of benzene rings is 1. The smallest absolute Gasteiger partial charge is 0.262 e. The first-order chi connectivity index (χ1) is 16.4. The number of halogens is 1. The number of anilines is 1. The van der Waals surface area contributed by atoms with E-state index < -0.39 is 11.7 Å². The maximum absolute atomic E-state index is 14.5. The van der Waals surface area contributed by atoms with Crippen LogP contribution in [0.2, 0.25) is 0 Å². The van der Waals surface area contributed by atoms with E-state index in [-0.39, 0.29) is 35.7 Å². The van der Waals surface area contributed by atoms with Gasteiger partial charge in [0.15, 0.2) is 6.61 Å². The summed E-state index contributed by atoms with van der Waals surface area (Å²) < 4.78 is 25.9. The van der Waals surface area contributed by atoms with Gasteiger partial charge in [-0.05, 0) is 25.3 Å². The third kappa shape index (κ3) is 4.93. The molecule has 0 aromatic heterocycles. The largest absolute Gasteiger partial charge is 0.491 e. The fourth-order valence-electron chi connectivity index (χ4n) is 4.16. The van der Waals surface area contributed by atoms with Crippen LogP contribution in [0, 0.1) is 17.7 Å². The lowest BCUT2D eigenvalue weighted by Gasteiger charge is -2.39. The molecule has 1 aromatic carbocycles. The van der Waals surface area contributed by atoms with E-state index in [9.17, 15) is 14.0 Å². The molecule has 8 nitrogen and oxygen atoms in total. The number of nitrogens with two attached hydrogens (primary N) is 1. The number of hydrogen-bond acceptors (Lipinski definition) is 6. The normalized spacial score (nSPS) is 19.2. The first kappa shape index (κ1) is 23.4. The second-order valence-electron chi connectivity index (χ2n) is 8.61. The average Bonchev–Trinajstić information content (AvgIpc) is 2.78. The minimum atomic E-state index is -0.671. The lowest BCUT2D eigenvalue weighted by Crippen LogP contribution is -2.51. The molecule has 3 aliphatic rings. The van der Waals surface area contributed by atoms with Crippen LogP contribution >= 0.6 is 0 Å². The molecule has 34 heavy (non-hydrogen) atoms. The molecule has 4 N–H and O–H groups in total. The first-order valence-corrected chi connectivity index (χ1v) is 11.3. The summed E-state index contributed by atoms with van der Waals surface area (Å²) in [6, 6.07) is 2.47. The average molecular weight is 469 g/mol. The molecule has 180 valence electrons. The Labute approximate surface area is 198 Å². The van der Waals surface area contributed by atoms with Crippen LogP contribution in [0.25, 0.3) is 0 Å². The summed E-state index contributed by atoms with van der Waals surface area (Å²) in [5.74, 6) is -0.0918. The summed E-state index contributed by atoms with van der Waals surface area (Å²) in [4.78, 5) is 25.9. The molecule has 1 atom stereocenters. The molecule has 3 aliphatic heterocycles. The Morgan fingerprint density at radius 2 is 2.18 bits per heavy atom. The number of nitrogens with zero attached hydrogens (tertiary/aromatic N) is 1. The highest BCUT2D eigenvalue weighted by Crippen LogP contribution is 2.33. The number of carbonyl (C=O) groups excluding carboxylic acids is 2. The Kier molecular flexibility index (Phi) is 6.90. The molecule has 0 bridgehead atoms. The molecule has 0 saturated carbocycles. The summed E-state index contributed by atoms with van der Waals surface area (Å²) in [5.41, 5.74) is 7.69. The van der Waals surface area contributed by atoms with Gasteiger partial charge in [-0.15, -0.1) is 0 Å². The Bertz CT molecular complexity index is 1100. The van der Waals surface area contributed by atoms with Crippen LogP contribution in [-0.4, -0.2) is 49.6 Å². The highest BCUT2D eigenvalue weighted by molar-refractivity contribution is 6.00. The van der Waals surface area contributed by atoms with Gasteiger partial charge in [-0.1, -0.05) is 25.2 Å². The van der Waals surface area contributed by atoms with Crippen molar-refractivity contribution in [3.05, 3.63) is 71.0 Å². The van der Waals surface area contributed by atoms with Crippen molar-refractivity contribution in [2.75, 3.05) is 38.2 Å². The van der Waals surface area contributed by atoms with Crippen molar-refractivity contribution in [2.45, 2.75) is 13.8 Å². The standard InChI is InChI=1S/C25H29FN4O4/c1-15(5-3-4-7-27)18-6-8-28-16(2)24(18)34-13-17-11-30(12-17)25(32)19-9-21-22(10-20(19)26)33-14-23(31)29-21/h3-7,9-10,15,17,28H,8,11-14,27H2,1-2H3,(H,29,31)/b5-3-,7-4-. The number of rotatable bonds is 7. The Morgan fingerprint density at radius 3 is 2.94 bits per heavy atom. The number of allylic oxidation sites excluding steroid dienone is 5. The zero-order valence-electron chi connectivity index (χ0n) is 19.3. The third-order valence-electron chi connectivity index (χ3n) is 6.04. The summed E-state index contributed by atoms with van der Waals surface area (Å²) in [6.45, 7) is 6.03.